The molecule has 0 amide bonds. The van der Waals surface area contributed by atoms with E-state index in [0.717, 1.165) is 7.11 Å². The molecule has 0 unspecified atom stereocenters. The fraction of sp³-hybridized carbons (Fsp3) is 0.588. The minimum absolute atomic E-state index is 0.111. The summed E-state index contributed by atoms with van der Waals surface area (Å²) < 4.78 is 48.7. The molecular formula is C17H25NO9S. The molecule has 0 aromatic heterocycles. The van der Waals surface area contributed by atoms with Crippen LogP contribution in [0.5, 0.6) is 5.75 Å². The molecule has 1 heterocycles. The number of rotatable bonds is 8. The lowest BCUT2D eigenvalue weighted by molar-refractivity contribution is -0.161. The standard InChI is InChI=1S/C17H25NO9S/c1-17(2)26-14(12(20)9-19)15(27-17)13(16(21)25-4)18-28(22,23)11-7-5-10(24-3)6-8-11/h5-8,12-15,18-20H,9H2,1-4H3/t12-,13+,14-,15-/m0/s1. The summed E-state index contributed by atoms with van der Waals surface area (Å²) >= 11 is 0. The average molecular weight is 419 g/mol. The lowest BCUT2D eigenvalue weighted by Gasteiger charge is -2.27. The highest BCUT2D eigenvalue weighted by Gasteiger charge is 2.51. The fourth-order valence-electron chi connectivity index (χ4n) is 2.84. The third kappa shape index (κ3) is 4.99. The molecule has 0 spiro atoms. The number of ether oxygens (including phenoxy) is 4. The Labute approximate surface area is 163 Å². The van der Waals surface area contributed by atoms with Crippen molar-refractivity contribution in [3.8, 4) is 5.75 Å². The summed E-state index contributed by atoms with van der Waals surface area (Å²) in [4.78, 5) is 12.2. The summed E-state index contributed by atoms with van der Waals surface area (Å²) in [5, 5.41) is 19.3. The van der Waals surface area contributed by atoms with Gasteiger partial charge in [-0.1, -0.05) is 0 Å². The van der Waals surface area contributed by atoms with E-state index >= 15 is 0 Å². The molecule has 158 valence electrons. The van der Waals surface area contributed by atoms with Crippen molar-refractivity contribution in [3.63, 3.8) is 0 Å². The number of sulfonamides is 1. The molecule has 1 saturated heterocycles. The maximum atomic E-state index is 12.8. The molecule has 1 fully saturated rings. The molecule has 10 nitrogen and oxygen atoms in total. The van der Waals surface area contributed by atoms with Crippen molar-refractivity contribution >= 4 is 16.0 Å². The Balaban J connectivity index is 2.36. The highest BCUT2D eigenvalue weighted by Crippen LogP contribution is 2.32. The van der Waals surface area contributed by atoms with Crippen molar-refractivity contribution < 1.29 is 42.4 Å². The van der Waals surface area contributed by atoms with Gasteiger partial charge < -0.3 is 29.2 Å². The SMILES string of the molecule is COC(=O)[C@H](NS(=O)(=O)c1ccc(OC)cc1)[C@@H]1OC(C)(C)O[C@H]1[C@@H](O)CO. The van der Waals surface area contributed by atoms with Gasteiger partial charge in [0.1, 0.15) is 30.1 Å². The molecule has 0 radical (unpaired) electrons. The summed E-state index contributed by atoms with van der Waals surface area (Å²) in [6, 6.07) is 4.01. The summed E-state index contributed by atoms with van der Waals surface area (Å²) in [7, 11) is -1.62. The quantitative estimate of drug-likeness (QED) is 0.471. The van der Waals surface area contributed by atoms with Crippen LogP contribution in [0.3, 0.4) is 0 Å². The Morgan fingerprint density at radius 3 is 2.29 bits per heavy atom. The Morgan fingerprint density at radius 2 is 1.79 bits per heavy atom. The maximum Gasteiger partial charge on any atom is 0.326 e. The molecule has 2 rings (SSSR count). The van der Waals surface area contributed by atoms with Crippen molar-refractivity contribution in [1.82, 2.24) is 4.72 Å². The van der Waals surface area contributed by atoms with Crippen molar-refractivity contribution in [1.29, 1.82) is 0 Å². The minimum Gasteiger partial charge on any atom is -0.497 e. The van der Waals surface area contributed by atoms with E-state index in [1.165, 1.54) is 45.2 Å². The van der Waals surface area contributed by atoms with E-state index in [-0.39, 0.29) is 4.90 Å². The van der Waals surface area contributed by atoms with E-state index < -0.39 is 52.7 Å². The van der Waals surface area contributed by atoms with Crippen LogP contribution in [-0.4, -0.2) is 75.6 Å². The molecule has 1 aromatic carbocycles. The first-order valence-corrected chi connectivity index (χ1v) is 9.91. The average Bonchev–Trinajstić information content (AvgIpc) is 3.00. The van der Waals surface area contributed by atoms with Crippen LogP contribution >= 0.6 is 0 Å². The molecule has 0 saturated carbocycles. The maximum absolute atomic E-state index is 12.8. The Hall–Kier alpha value is -1.76. The number of hydrogen-bond donors (Lipinski definition) is 3. The molecule has 28 heavy (non-hydrogen) atoms. The molecule has 3 N–H and O–H groups in total. The normalized spacial score (nSPS) is 23.8. The van der Waals surface area contributed by atoms with E-state index in [9.17, 15) is 23.4 Å². The first-order chi connectivity index (χ1) is 13.0. The molecule has 0 bridgehead atoms. The van der Waals surface area contributed by atoms with Crippen LogP contribution < -0.4 is 9.46 Å². The number of hydrogen-bond acceptors (Lipinski definition) is 9. The van der Waals surface area contributed by atoms with Crippen LogP contribution in [0.2, 0.25) is 0 Å². The third-order valence-electron chi connectivity index (χ3n) is 4.17. The lowest BCUT2D eigenvalue weighted by atomic mass is 10.0. The van der Waals surface area contributed by atoms with E-state index in [4.69, 9.17) is 18.9 Å². The van der Waals surface area contributed by atoms with Crippen molar-refractivity contribution in [3.05, 3.63) is 24.3 Å². The van der Waals surface area contributed by atoms with Gasteiger partial charge in [-0.25, -0.2) is 8.42 Å². The van der Waals surface area contributed by atoms with Crippen molar-refractivity contribution in [2.75, 3.05) is 20.8 Å². The predicted molar refractivity (Wildman–Crippen MR) is 96.0 cm³/mol. The predicted octanol–water partition coefficient (Wildman–Crippen LogP) is -0.612. The van der Waals surface area contributed by atoms with Crippen molar-refractivity contribution in [2.24, 2.45) is 0 Å². The van der Waals surface area contributed by atoms with Gasteiger partial charge in [-0.15, -0.1) is 0 Å². The van der Waals surface area contributed by atoms with E-state index in [2.05, 4.69) is 4.72 Å². The number of carbonyl (C=O) groups is 1. The number of aliphatic hydroxyl groups excluding tert-OH is 2. The van der Waals surface area contributed by atoms with Crippen LogP contribution in [0.4, 0.5) is 0 Å². The van der Waals surface area contributed by atoms with Crippen LogP contribution in [0.1, 0.15) is 13.8 Å². The first-order valence-electron chi connectivity index (χ1n) is 8.43. The number of methoxy groups -OCH3 is 2. The minimum atomic E-state index is -4.16. The number of aliphatic hydroxyl groups is 2. The van der Waals surface area contributed by atoms with Gasteiger partial charge in [0, 0.05) is 0 Å². The molecular weight excluding hydrogens is 394 g/mol. The highest BCUT2D eigenvalue weighted by atomic mass is 32.2. The molecule has 4 atom stereocenters. The van der Waals surface area contributed by atoms with E-state index in [0.29, 0.717) is 5.75 Å². The van der Waals surface area contributed by atoms with Crippen molar-refractivity contribution in [2.45, 2.75) is 48.9 Å². The van der Waals surface area contributed by atoms with Gasteiger partial charge in [0.2, 0.25) is 10.0 Å². The number of benzene rings is 1. The van der Waals surface area contributed by atoms with E-state index in [1.807, 2.05) is 0 Å². The highest BCUT2D eigenvalue weighted by molar-refractivity contribution is 7.89. The second-order valence-corrected chi connectivity index (χ2v) is 8.33. The van der Waals surface area contributed by atoms with E-state index in [1.54, 1.807) is 0 Å². The number of esters is 1. The molecule has 1 aromatic rings. The molecule has 0 aliphatic carbocycles. The monoisotopic (exact) mass is 419 g/mol. The Kier molecular flexibility index (Phi) is 7.02. The topological polar surface area (TPSA) is 141 Å². The Bertz CT molecular complexity index is 778. The molecule has 1 aliphatic rings. The Morgan fingerprint density at radius 1 is 1.21 bits per heavy atom. The third-order valence-corrected chi connectivity index (χ3v) is 5.62. The largest absolute Gasteiger partial charge is 0.497 e. The number of nitrogens with one attached hydrogen (secondary N) is 1. The van der Waals surface area contributed by atoms with Gasteiger partial charge in [0.25, 0.3) is 0 Å². The summed E-state index contributed by atoms with van der Waals surface area (Å²) in [6.07, 6.45) is -3.80. The zero-order valence-corrected chi connectivity index (χ0v) is 16.8. The van der Waals surface area contributed by atoms with Gasteiger partial charge in [-0.3, -0.25) is 4.79 Å². The first kappa shape index (κ1) is 22.5. The van der Waals surface area contributed by atoms with Gasteiger partial charge in [0.05, 0.1) is 25.7 Å². The summed E-state index contributed by atoms with van der Waals surface area (Å²) in [5.41, 5.74) is 0. The van der Waals surface area contributed by atoms with Crippen LogP contribution in [0, 0.1) is 0 Å². The summed E-state index contributed by atoms with van der Waals surface area (Å²) in [5.74, 6) is -1.69. The fourth-order valence-corrected chi connectivity index (χ4v) is 4.04. The second kappa shape index (κ2) is 8.72. The van der Waals surface area contributed by atoms with Gasteiger partial charge in [0.15, 0.2) is 5.79 Å². The summed E-state index contributed by atoms with van der Waals surface area (Å²) in [6.45, 7) is 2.41. The second-order valence-electron chi connectivity index (χ2n) is 6.61. The number of carbonyl (C=O) groups excluding carboxylic acids is 1. The molecule has 11 heteroatoms. The smallest absolute Gasteiger partial charge is 0.326 e. The van der Waals surface area contributed by atoms with Gasteiger partial charge in [-0.2, -0.15) is 4.72 Å². The van der Waals surface area contributed by atoms with Crippen LogP contribution in [0.25, 0.3) is 0 Å². The van der Waals surface area contributed by atoms with Gasteiger partial charge >= 0.3 is 5.97 Å². The van der Waals surface area contributed by atoms with Gasteiger partial charge in [-0.05, 0) is 38.1 Å². The lowest BCUT2D eigenvalue weighted by Crippen LogP contribution is -2.55. The van der Waals surface area contributed by atoms with Crippen LogP contribution in [-0.2, 0) is 29.0 Å². The zero-order valence-electron chi connectivity index (χ0n) is 16.0. The van der Waals surface area contributed by atoms with Crippen LogP contribution in [0.15, 0.2) is 29.2 Å². The zero-order chi connectivity index (χ0) is 21.1. The molecule has 1 aliphatic heterocycles.